The van der Waals surface area contributed by atoms with Crippen LogP contribution in [0.3, 0.4) is 0 Å². The van der Waals surface area contributed by atoms with Gasteiger partial charge in [0.25, 0.3) is 0 Å². The van der Waals surface area contributed by atoms with Gasteiger partial charge < -0.3 is 10.2 Å². The predicted molar refractivity (Wildman–Crippen MR) is 81.4 cm³/mol. The molecular formula is C18H16O4. The lowest BCUT2D eigenvalue weighted by molar-refractivity contribution is 0.0686. The van der Waals surface area contributed by atoms with E-state index in [1.807, 2.05) is 24.3 Å². The van der Waals surface area contributed by atoms with Crippen molar-refractivity contribution in [3.63, 3.8) is 0 Å². The summed E-state index contributed by atoms with van der Waals surface area (Å²) < 4.78 is 0. The lowest BCUT2D eigenvalue weighted by Gasteiger charge is -2.43. The lowest BCUT2D eigenvalue weighted by atomic mass is 9.60. The summed E-state index contributed by atoms with van der Waals surface area (Å²) in [5.41, 5.74) is 2.62. The maximum Gasteiger partial charge on any atom is 0.335 e. The first-order valence-corrected chi connectivity index (χ1v) is 7.21. The molecule has 2 aromatic rings. The summed E-state index contributed by atoms with van der Waals surface area (Å²) in [6.07, 6.45) is 3.10. The fraction of sp³-hybridized carbons (Fsp3) is 0.222. The lowest BCUT2D eigenvalue weighted by Crippen LogP contribution is -2.35. The van der Waals surface area contributed by atoms with Gasteiger partial charge in [-0.15, -0.1) is 0 Å². The van der Waals surface area contributed by atoms with Crippen LogP contribution < -0.4 is 0 Å². The molecule has 0 amide bonds. The van der Waals surface area contributed by atoms with Crippen molar-refractivity contribution < 1.29 is 19.8 Å². The molecule has 0 aromatic heterocycles. The molecule has 4 nitrogen and oxygen atoms in total. The second kappa shape index (κ2) is 5.30. The number of hydrogen-bond acceptors (Lipinski definition) is 2. The Kier molecular flexibility index (Phi) is 3.45. The zero-order chi connectivity index (χ0) is 15.7. The average molecular weight is 296 g/mol. The fourth-order valence-corrected chi connectivity index (χ4v) is 3.14. The molecular weight excluding hydrogens is 280 g/mol. The van der Waals surface area contributed by atoms with Crippen LogP contribution in [0.2, 0.25) is 0 Å². The Labute approximate surface area is 128 Å². The number of hydrogen-bond donors (Lipinski definition) is 2. The largest absolute Gasteiger partial charge is 0.478 e. The maximum atomic E-state index is 11.0. The van der Waals surface area contributed by atoms with Crippen LogP contribution in [0.25, 0.3) is 0 Å². The highest BCUT2D eigenvalue weighted by atomic mass is 16.4. The van der Waals surface area contributed by atoms with Crippen molar-refractivity contribution in [2.45, 2.75) is 24.7 Å². The molecule has 1 aliphatic carbocycles. The van der Waals surface area contributed by atoms with Gasteiger partial charge >= 0.3 is 11.9 Å². The molecule has 2 N–H and O–H groups in total. The van der Waals surface area contributed by atoms with Crippen LogP contribution in [0.5, 0.6) is 0 Å². The van der Waals surface area contributed by atoms with Crippen LogP contribution in [-0.2, 0) is 5.41 Å². The van der Waals surface area contributed by atoms with E-state index in [4.69, 9.17) is 10.2 Å². The number of carboxylic acids is 2. The van der Waals surface area contributed by atoms with Crippen molar-refractivity contribution in [1.82, 2.24) is 0 Å². The molecule has 0 heterocycles. The van der Waals surface area contributed by atoms with E-state index >= 15 is 0 Å². The third kappa shape index (κ3) is 2.26. The second-order valence-electron chi connectivity index (χ2n) is 5.70. The second-order valence-corrected chi connectivity index (χ2v) is 5.70. The summed E-state index contributed by atoms with van der Waals surface area (Å²) >= 11 is 0. The average Bonchev–Trinajstić information content (AvgIpc) is 2.47. The van der Waals surface area contributed by atoms with Crippen LogP contribution in [0, 0.1) is 0 Å². The summed E-state index contributed by atoms with van der Waals surface area (Å²) in [5.74, 6) is -1.86. The van der Waals surface area contributed by atoms with E-state index in [0.717, 1.165) is 30.4 Å². The molecule has 1 aliphatic rings. The topological polar surface area (TPSA) is 74.6 Å². The highest BCUT2D eigenvalue weighted by Gasteiger charge is 2.40. The van der Waals surface area contributed by atoms with Gasteiger partial charge in [0, 0.05) is 5.41 Å². The number of carbonyl (C=O) groups is 2. The fourth-order valence-electron chi connectivity index (χ4n) is 3.14. The van der Waals surface area contributed by atoms with Crippen LogP contribution in [0.4, 0.5) is 0 Å². The summed E-state index contributed by atoms with van der Waals surface area (Å²) in [4.78, 5) is 21.9. The Bertz CT molecular complexity index is 650. The minimum atomic E-state index is -0.931. The maximum absolute atomic E-state index is 11.0. The van der Waals surface area contributed by atoms with Gasteiger partial charge in [-0.25, -0.2) is 9.59 Å². The van der Waals surface area contributed by atoms with Gasteiger partial charge in [-0.2, -0.15) is 0 Å². The summed E-state index contributed by atoms with van der Waals surface area (Å²) in [6.45, 7) is 0. The minimum Gasteiger partial charge on any atom is -0.478 e. The van der Waals surface area contributed by atoms with Gasteiger partial charge in [0.2, 0.25) is 0 Å². The Morgan fingerprint density at radius 2 is 1.09 bits per heavy atom. The van der Waals surface area contributed by atoms with Gasteiger partial charge in [-0.05, 0) is 48.2 Å². The van der Waals surface area contributed by atoms with Crippen LogP contribution in [-0.4, -0.2) is 22.2 Å². The number of aromatic carboxylic acids is 2. The van der Waals surface area contributed by atoms with Gasteiger partial charge in [-0.1, -0.05) is 30.7 Å². The van der Waals surface area contributed by atoms with E-state index in [9.17, 15) is 9.59 Å². The van der Waals surface area contributed by atoms with Crippen molar-refractivity contribution in [3.8, 4) is 0 Å². The van der Waals surface area contributed by atoms with E-state index in [0.29, 0.717) is 0 Å². The molecule has 0 unspecified atom stereocenters. The Balaban J connectivity index is 1.97. The van der Waals surface area contributed by atoms with Gasteiger partial charge in [0.15, 0.2) is 0 Å². The van der Waals surface area contributed by atoms with E-state index in [-0.39, 0.29) is 16.5 Å². The SMILES string of the molecule is O=C(O)c1ccc(C2(c3ccc(C(=O)O)cc3)CCC2)cc1. The van der Waals surface area contributed by atoms with Gasteiger partial charge in [0.1, 0.15) is 0 Å². The third-order valence-electron chi connectivity index (χ3n) is 4.58. The quantitative estimate of drug-likeness (QED) is 0.904. The van der Waals surface area contributed by atoms with Gasteiger partial charge in [-0.3, -0.25) is 0 Å². The minimum absolute atomic E-state index is 0.117. The van der Waals surface area contributed by atoms with Crippen LogP contribution in [0.1, 0.15) is 51.1 Å². The van der Waals surface area contributed by atoms with Crippen molar-refractivity contribution >= 4 is 11.9 Å². The third-order valence-corrected chi connectivity index (χ3v) is 4.58. The zero-order valence-corrected chi connectivity index (χ0v) is 12.0. The molecule has 0 saturated heterocycles. The first kappa shape index (κ1) is 14.3. The molecule has 3 rings (SSSR count). The van der Waals surface area contributed by atoms with Gasteiger partial charge in [0.05, 0.1) is 11.1 Å². The molecule has 4 heteroatoms. The Morgan fingerprint density at radius 1 is 0.727 bits per heavy atom. The molecule has 0 atom stereocenters. The standard InChI is InChI=1S/C18H16O4/c19-16(20)12-2-6-14(7-3-12)18(10-1-11-18)15-8-4-13(5-9-15)17(21)22/h2-9H,1,10-11H2,(H,19,20)(H,21,22). The predicted octanol–water partition coefficient (Wildman–Crippen LogP) is 3.55. The normalized spacial score (nSPS) is 15.8. The molecule has 22 heavy (non-hydrogen) atoms. The smallest absolute Gasteiger partial charge is 0.335 e. The van der Waals surface area contributed by atoms with Crippen molar-refractivity contribution in [2.24, 2.45) is 0 Å². The first-order chi connectivity index (χ1) is 10.5. The molecule has 0 spiro atoms. The molecule has 0 bridgehead atoms. The van der Waals surface area contributed by atoms with E-state index in [2.05, 4.69) is 0 Å². The van der Waals surface area contributed by atoms with Crippen LogP contribution in [0.15, 0.2) is 48.5 Å². The molecule has 112 valence electrons. The summed E-state index contributed by atoms with van der Waals surface area (Å²) in [6, 6.07) is 14.0. The highest BCUT2D eigenvalue weighted by Crippen LogP contribution is 2.48. The highest BCUT2D eigenvalue weighted by molar-refractivity contribution is 5.88. The molecule has 0 radical (unpaired) electrons. The summed E-state index contributed by atoms with van der Waals surface area (Å²) in [5, 5.41) is 18.0. The van der Waals surface area contributed by atoms with E-state index < -0.39 is 11.9 Å². The van der Waals surface area contributed by atoms with Crippen LogP contribution >= 0.6 is 0 Å². The van der Waals surface area contributed by atoms with Crippen molar-refractivity contribution in [2.75, 3.05) is 0 Å². The number of benzene rings is 2. The van der Waals surface area contributed by atoms with E-state index in [1.165, 1.54) is 0 Å². The van der Waals surface area contributed by atoms with Crippen molar-refractivity contribution in [1.29, 1.82) is 0 Å². The molecule has 1 fully saturated rings. The molecule has 2 aromatic carbocycles. The molecule has 0 aliphatic heterocycles. The number of rotatable bonds is 4. The zero-order valence-electron chi connectivity index (χ0n) is 12.0. The first-order valence-electron chi connectivity index (χ1n) is 7.21. The Morgan fingerprint density at radius 3 is 1.32 bits per heavy atom. The summed E-state index contributed by atoms with van der Waals surface area (Å²) in [7, 11) is 0. The monoisotopic (exact) mass is 296 g/mol. The number of carboxylic acid groups (broad SMARTS) is 2. The van der Waals surface area contributed by atoms with E-state index in [1.54, 1.807) is 24.3 Å². The van der Waals surface area contributed by atoms with Crippen molar-refractivity contribution in [3.05, 3.63) is 70.8 Å². The Hall–Kier alpha value is -2.62. The molecule has 1 saturated carbocycles.